The molecule has 0 atom stereocenters. The zero-order valence-corrected chi connectivity index (χ0v) is 12.7. The highest BCUT2D eigenvalue weighted by molar-refractivity contribution is 9.10. The third-order valence-corrected chi connectivity index (χ3v) is 4.12. The molecule has 18 heavy (non-hydrogen) atoms. The van der Waals surface area contributed by atoms with E-state index in [1.165, 1.54) is 0 Å². The number of carbonyl (C=O) groups is 1. The van der Waals surface area contributed by atoms with Crippen molar-refractivity contribution < 1.29 is 4.79 Å². The minimum absolute atomic E-state index is 0.172. The first-order valence-corrected chi connectivity index (χ1v) is 6.86. The van der Waals surface area contributed by atoms with Gasteiger partial charge in [0.15, 0.2) is 5.78 Å². The van der Waals surface area contributed by atoms with E-state index in [2.05, 4.69) is 15.9 Å². The molecule has 0 aromatic heterocycles. The molecule has 1 nitrogen and oxygen atoms in total. The molecular weight excluding hydrogens is 358 g/mol. The summed E-state index contributed by atoms with van der Waals surface area (Å²) in [6.07, 6.45) is 0. The van der Waals surface area contributed by atoms with Crippen LogP contribution in [0.15, 0.2) is 40.9 Å². The van der Waals surface area contributed by atoms with Crippen LogP contribution in [0.3, 0.4) is 0 Å². The van der Waals surface area contributed by atoms with Gasteiger partial charge in [-0.3, -0.25) is 4.79 Å². The molecule has 0 unspecified atom stereocenters. The summed E-state index contributed by atoms with van der Waals surface area (Å²) in [5, 5.41) is 1.38. The second kappa shape index (κ2) is 5.62. The molecule has 92 valence electrons. The van der Waals surface area contributed by atoms with Gasteiger partial charge >= 0.3 is 0 Å². The number of hydrogen-bond donors (Lipinski definition) is 0. The van der Waals surface area contributed by atoms with Crippen LogP contribution in [-0.2, 0) is 0 Å². The number of carbonyl (C=O) groups excluding carboxylic acids is 1. The molecule has 2 rings (SSSR count). The third kappa shape index (κ3) is 2.89. The Balaban J connectivity index is 2.44. The summed E-state index contributed by atoms with van der Waals surface area (Å²) in [6.45, 7) is 0. The molecule has 5 heteroatoms. The van der Waals surface area contributed by atoms with E-state index in [1.807, 2.05) is 0 Å². The highest BCUT2D eigenvalue weighted by Gasteiger charge is 2.14. The maximum atomic E-state index is 12.3. The molecule has 0 N–H and O–H groups in total. The summed E-state index contributed by atoms with van der Waals surface area (Å²) < 4.78 is 0.667. The van der Waals surface area contributed by atoms with Gasteiger partial charge < -0.3 is 0 Å². The molecule has 0 aliphatic rings. The van der Waals surface area contributed by atoms with E-state index >= 15 is 0 Å². The van der Waals surface area contributed by atoms with E-state index in [0.717, 1.165) is 0 Å². The average molecular weight is 364 g/mol. The Kier molecular flexibility index (Phi) is 4.33. The molecule has 0 radical (unpaired) electrons. The molecule has 0 aliphatic carbocycles. The van der Waals surface area contributed by atoms with Crippen LogP contribution in [0.25, 0.3) is 0 Å². The number of rotatable bonds is 2. The van der Waals surface area contributed by atoms with Gasteiger partial charge in [0.25, 0.3) is 0 Å². The van der Waals surface area contributed by atoms with Crippen molar-refractivity contribution in [2.75, 3.05) is 0 Å². The van der Waals surface area contributed by atoms with Crippen molar-refractivity contribution in [3.63, 3.8) is 0 Å². The van der Waals surface area contributed by atoms with Crippen molar-refractivity contribution in [3.05, 3.63) is 67.1 Å². The lowest BCUT2D eigenvalue weighted by molar-refractivity contribution is 0.103. The Bertz CT molecular complexity index is 626. The number of benzene rings is 2. The SMILES string of the molecule is O=C(c1ccc(Cl)c(Br)c1)c1ccc(Cl)cc1Cl. The van der Waals surface area contributed by atoms with E-state index < -0.39 is 0 Å². The predicted molar refractivity (Wildman–Crippen MR) is 79.0 cm³/mol. The lowest BCUT2D eigenvalue weighted by atomic mass is 10.0. The van der Waals surface area contributed by atoms with Crippen LogP contribution in [0.4, 0.5) is 0 Å². The Hall–Kier alpha value is -0.540. The van der Waals surface area contributed by atoms with E-state index in [0.29, 0.717) is 30.7 Å². The van der Waals surface area contributed by atoms with Crippen LogP contribution in [0.1, 0.15) is 15.9 Å². The van der Waals surface area contributed by atoms with Crippen LogP contribution in [0.5, 0.6) is 0 Å². The van der Waals surface area contributed by atoms with Crippen molar-refractivity contribution in [1.29, 1.82) is 0 Å². The smallest absolute Gasteiger partial charge is 0.194 e. The second-order valence-corrected chi connectivity index (χ2v) is 5.69. The predicted octanol–water partition coefficient (Wildman–Crippen LogP) is 5.64. The van der Waals surface area contributed by atoms with Gasteiger partial charge in [0, 0.05) is 20.6 Å². The Labute approximate surface area is 128 Å². The molecule has 0 bridgehead atoms. The summed E-state index contributed by atoms with van der Waals surface area (Å²) in [5.74, 6) is -0.172. The van der Waals surface area contributed by atoms with Gasteiger partial charge in [-0.1, -0.05) is 34.8 Å². The Morgan fingerprint density at radius 2 is 1.67 bits per heavy atom. The van der Waals surface area contributed by atoms with Crippen LogP contribution in [0.2, 0.25) is 15.1 Å². The first kappa shape index (κ1) is 13.9. The largest absolute Gasteiger partial charge is 0.289 e. The van der Waals surface area contributed by atoms with Gasteiger partial charge in [-0.2, -0.15) is 0 Å². The van der Waals surface area contributed by atoms with Crippen molar-refractivity contribution in [1.82, 2.24) is 0 Å². The van der Waals surface area contributed by atoms with Crippen LogP contribution >= 0.6 is 50.7 Å². The van der Waals surface area contributed by atoms with Gasteiger partial charge in [-0.25, -0.2) is 0 Å². The van der Waals surface area contributed by atoms with E-state index in [4.69, 9.17) is 34.8 Å². The van der Waals surface area contributed by atoms with E-state index in [1.54, 1.807) is 36.4 Å². The van der Waals surface area contributed by atoms with E-state index in [-0.39, 0.29) is 5.78 Å². The summed E-state index contributed by atoms with van der Waals surface area (Å²) >= 11 is 21.0. The summed E-state index contributed by atoms with van der Waals surface area (Å²) in [7, 11) is 0. The zero-order valence-electron chi connectivity index (χ0n) is 8.88. The topological polar surface area (TPSA) is 17.1 Å². The van der Waals surface area contributed by atoms with Gasteiger partial charge in [0.1, 0.15) is 0 Å². The molecule has 0 saturated heterocycles. The maximum absolute atomic E-state index is 12.3. The fourth-order valence-electron chi connectivity index (χ4n) is 1.47. The van der Waals surface area contributed by atoms with Gasteiger partial charge in [-0.15, -0.1) is 0 Å². The van der Waals surface area contributed by atoms with Crippen molar-refractivity contribution in [3.8, 4) is 0 Å². The van der Waals surface area contributed by atoms with Crippen molar-refractivity contribution >= 4 is 56.5 Å². The van der Waals surface area contributed by atoms with Crippen LogP contribution in [0, 0.1) is 0 Å². The lowest BCUT2D eigenvalue weighted by Gasteiger charge is -2.05. The highest BCUT2D eigenvalue weighted by atomic mass is 79.9. The molecule has 2 aromatic rings. The standard InChI is InChI=1S/C13H6BrCl3O/c14-10-5-7(1-4-11(10)16)13(18)9-3-2-8(15)6-12(9)17/h1-6H. The number of halogens is 4. The lowest BCUT2D eigenvalue weighted by Crippen LogP contribution is -2.02. The van der Waals surface area contributed by atoms with Gasteiger partial charge in [-0.05, 0) is 52.3 Å². The first-order chi connectivity index (χ1) is 8.49. The van der Waals surface area contributed by atoms with Crippen molar-refractivity contribution in [2.45, 2.75) is 0 Å². The molecule has 0 heterocycles. The minimum Gasteiger partial charge on any atom is -0.289 e. The zero-order chi connectivity index (χ0) is 13.3. The summed E-state index contributed by atoms with van der Waals surface area (Å²) in [4.78, 5) is 12.3. The number of ketones is 1. The normalized spacial score (nSPS) is 10.4. The molecule has 2 aromatic carbocycles. The maximum Gasteiger partial charge on any atom is 0.194 e. The van der Waals surface area contributed by atoms with Gasteiger partial charge in [0.05, 0.1) is 10.0 Å². The number of hydrogen-bond acceptors (Lipinski definition) is 1. The first-order valence-electron chi connectivity index (χ1n) is 4.94. The quantitative estimate of drug-likeness (QED) is 0.630. The third-order valence-electron chi connectivity index (χ3n) is 2.36. The monoisotopic (exact) mass is 362 g/mol. The average Bonchev–Trinajstić information content (AvgIpc) is 2.32. The minimum atomic E-state index is -0.172. The fraction of sp³-hybridized carbons (Fsp3) is 0. The molecule has 0 aliphatic heterocycles. The van der Waals surface area contributed by atoms with Crippen molar-refractivity contribution in [2.24, 2.45) is 0 Å². The molecule has 0 spiro atoms. The van der Waals surface area contributed by atoms with E-state index in [9.17, 15) is 4.79 Å². The fourth-order valence-corrected chi connectivity index (χ4v) is 2.46. The Morgan fingerprint density at radius 3 is 2.28 bits per heavy atom. The molecule has 0 fully saturated rings. The Morgan fingerprint density at radius 1 is 0.944 bits per heavy atom. The summed E-state index contributed by atoms with van der Waals surface area (Å²) in [5.41, 5.74) is 0.922. The molecular formula is C13H6BrCl3O. The summed E-state index contributed by atoms with van der Waals surface area (Å²) in [6, 6.07) is 9.75. The highest BCUT2D eigenvalue weighted by Crippen LogP contribution is 2.27. The van der Waals surface area contributed by atoms with Gasteiger partial charge in [0.2, 0.25) is 0 Å². The van der Waals surface area contributed by atoms with Crippen LogP contribution in [-0.4, -0.2) is 5.78 Å². The molecule has 0 saturated carbocycles. The van der Waals surface area contributed by atoms with Crippen LogP contribution < -0.4 is 0 Å². The second-order valence-electron chi connectivity index (χ2n) is 3.58. The molecule has 0 amide bonds.